The van der Waals surface area contributed by atoms with Crippen molar-refractivity contribution in [2.75, 3.05) is 33.9 Å². The third kappa shape index (κ3) is 7.90. The van der Waals surface area contributed by atoms with Crippen molar-refractivity contribution in [3.63, 3.8) is 0 Å². The molecule has 100 valence electrons. The Morgan fingerprint density at radius 2 is 2.12 bits per heavy atom. The molecule has 0 aromatic heterocycles. The molecule has 5 heteroatoms. The highest BCUT2D eigenvalue weighted by Crippen LogP contribution is 2.07. The summed E-state index contributed by atoms with van der Waals surface area (Å²) in [6.07, 6.45) is 2.30. The number of ether oxygens (including phenoxy) is 2. The highest BCUT2D eigenvalue weighted by Gasteiger charge is 2.18. The Hall–Kier alpha value is -0.910. The van der Waals surface area contributed by atoms with E-state index in [0.29, 0.717) is 31.7 Å². The van der Waals surface area contributed by atoms with Crippen molar-refractivity contribution < 1.29 is 19.4 Å². The van der Waals surface area contributed by atoms with Crippen molar-refractivity contribution in [1.82, 2.24) is 5.32 Å². The van der Waals surface area contributed by atoms with Crippen LogP contribution in [0.5, 0.6) is 0 Å². The summed E-state index contributed by atoms with van der Waals surface area (Å²) in [5, 5.41) is 13.0. The Morgan fingerprint density at radius 1 is 1.47 bits per heavy atom. The summed E-state index contributed by atoms with van der Waals surface area (Å²) >= 11 is 0. The predicted molar refractivity (Wildman–Crippen MR) is 65.8 cm³/mol. The molecule has 1 atom stereocenters. The van der Waals surface area contributed by atoms with Crippen molar-refractivity contribution >= 4 is 5.97 Å². The largest absolute Gasteiger partial charge is 0.466 e. The van der Waals surface area contributed by atoms with E-state index < -0.39 is 5.60 Å². The molecule has 0 bridgehead atoms. The first kappa shape index (κ1) is 16.1. The summed E-state index contributed by atoms with van der Waals surface area (Å²) in [6, 6.07) is 0. The zero-order valence-corrected chi connectivity index (χ0v) is 11.1. The number of methoxy groups -OCH3 is 2. The second kappa shape index (κ2) is 8.22. The molecule has 0 aromatic rings. The van der Waals surface area contributed by atoms with Crippen LogP contribution >= 0.6 is 0 Å². The molecule has 0 aliphatic rings. The Bertz CT molecular complexity index is 261. The maximum absolute atomic E-state index is 11.1. The molecule has 1 unspecified atom stereocenters. The average Bonchev–Trinajstić information content (AvgIpc) is 2.30. The van der Waals surface area contributed by atoms with Crippen LogP contribution in [-0.4, -0.2) is 50.6 Å². The lowest BCUT2D eigenvalue weighted by Gasteiger charge is -2.22. The van der Waals surface area contributed by atoms with Gasteiger partial charge < -0.3 is 19.9 Å². The summed E-state index contributed by atoms with van der Waals surface area (Å²) in [7, 11) is 2.95. The SMILES string of the molecule is COCCC(C)(O)CNC/C=C(/C)C(=O)OC. The van der Waals surface area contributed by atoms with E-state index in [1.165, 1.54) is 7.11 Å². The molecule has 17 heavy (non-hydrogen) atoms. The van der Waals surface area contributed by atoms with Gasteiger partial charge in [-0.15, -0.1) is 0 Å². The van der Waals surface area contributed by atoms with E-state index in [9.17, 15) is 9.90 Å². The molecule has 0 saturated heterocycles. The van der Waals surface area contributed by atoms with Gasteiger partial charge in [0.1, 0.15) is 0 Å². The Kier molecular flexibility index (Phi) is 7.78. The summed E-state index contributed by atoms with van der Waals surface area (Å²) in [5.74, 6) is -0.335. The molecule has 0 rings (SSSR count). The molecular weight excluding hydrogens is 222 g/mol. The highest BCUT2D eigenvalue weighted by molar-refractivity contribution is 5.87. The van der Waals surface area contributed by atoms with Crippen molar-refractivity contribution in [3.05, 3.63) is 11.6 Å². The van der Waals surface area contributed by atoms with E-state index in [-0.39, 0.29) is 5.97 Å². The quantitative estimate of drug-likeness (QED) is 0.370. The molecular formula is C12H23NO4. The van der Waals surface area contributed by atoms with Crippen LogP contribution in [0.25, 0.3) is 0 Å². The zero-order valence-electron chi connectivity index (χ0n) is 11.1. The predicted octanol–water partition coefficient (Wildman–Crippen LogP) is 0.483. The van der Waals surface area contributed by atoms with Crippen LogP contribution in [-0.2, 0) is 14.3 Å². The van der Waals surface area contributed by atoms with Gasteiger partial charge in [-0.05, 0) is 13.8 Å². The molecule has 0 heterocycles. The van der Waals surface area contributed by atoms with Crippen LogP contribution in [0, 0.1) is 0 Å². The number of esters is 1. The normalized spacial score (nSPS) is 15.5. The Labute approximate surface area is 103 Å². The van der Waals surface area contributed by atoms with E-state index in [1.54, 1.807) is 27.0 Å². The van der Waals surface area contributed by atoms with Crippen LogP contribution in [0.1, 0.15) is 20.3 Å². The lowest BCUT2D eigenvalue weighted by atomic mass is 10.0. The van der Waals surface area contributed by atoms with Gasteiger partial charge in [0.05, 0.1) is 12.7 Å². The lowest BCUT2D eigenvalue weighted by molar-refractivity contribution is -0.136. The van der Waals surface area contributed by atoms with Gasteiger partial charge >= 0.3 is 5.97 Å². The molecule has 0 aliphatic carbocycles. The van der Waals surface area contributed by atoms with Gasteiger partial charge in [0, 0.05) is 38.8 Å². The minimum absolute atomic E-state index is 0.335. The average molecular weight is 245 g/mol. The number of hydrogen-bond acceptors (Lipinski definition) is 5. The van der Waals surface area contributed by atoms with Crippen molar-refractivity contribution in [2.45, 2.75) is 25.9 Å². The lowest BCUT2D eigenvalue weighted by Crippen LogP contribution is -2.38. The third-order valence-corrected chi connectivity index (χ3v) is 2.41. The van der Waals surface area contributed by atoms with Crippen LogP contribution in [0.2, 0.25) is 0 Å². The molecule has 2 N–H and O–H groups in total. The maximum atomic E-state index is 11.1. The van der Waals surface area contributed by atoms with E-state index in [2.05, 4.69) is 10.1 Å². The molecule has 0 aromatic carbocycles. The number of carbonyl (C=O) groups excluding carboxylic acids is 1. The van der Waals surface area contributed by atoms with Gasteiger partial charge in [-0.1, -0.05) is 6.08 Å². The third-order valence-electron chi connectivity index (χ3n) is 2.41. The van der Waals surface area contributed by atoms with E-state index in [4.69, 9.17) is 4.74 Å². The van der Waals surface area contributed by atoms with Gasteiger partial charge in [0.25, 0.3) is 0 Å². The first-order chi connectivity index (χ1) is 7.93. The number of carbonyl (C=O) groups is 1. The van der Waals surface area contributed by atoms with E-state index in [1.807, 2.05) is 0 Å². The fraction of sp³-hybridized carbons (Fsp3) is 0.750. The van der Waals surface area contributed by atoms with Crippen LogP contribution < -0.4 is 5.32 Å². The number of rotatable bonds is 8. The van der Waals surface area contributed by atoms with Gasteiger partial charge in [-0.3, -0.25) is 0 Å². The molecule has 0 saturated carbocycles. The minimum Gasteiger partial charge on any atom is -0.466 e. The number of hydrogen-bond donors (Lipinski definition) is 2. The van der Waals surface area contributed by atoms with Crippen molar-refractivity contribution in [1.29, 1.82) is 0 Å². The summed E-state index contributed by atoms with van der Waals surface area (Å²) in [4.78, 5) is 11.1. The van der Waals surface area contributed by atoms with Crippen LogP contribution in [0.4, 0.5) is 0 Å². The smallest absolute Gasteiger partial charge is 0.333 e. The first-order valence-corrected chi connectivity index (χ1v) is 5.60. The zero-order chi connectivity index (χ0) is 13.3. The topological polar surface area (TPSA) is 67.8 Å². The van der Waals surface area contributed by atoms with Crippen molar-refractivity contribution in [2.24, 2.45) is 0 Å². The Morgan fingerprint density at radius 3 is 2.65 bits per heavy atom. The molecule has 0 radical (unpaired) electrons. The van der Waals surface area contributed by atoms with Crippen LogP contribution in [0.3, 0.4) is 0 Å². The summed E-state index contributed by atoms with van der Waals surface area (Å²) in [5.41, 5.74) is -0.250. The molecule has 5 nitrogen and oxygen atoms in total. The fourth-order valence-electron chi connectivity index (χ4n) is 1.22. The number of nitrogens with one attached hydrogen (secondary N) is 1. The molecule has 0 spiro atoms. The van der Waals surface area contributed by atoms with Gasteiger partial charge in [-0.25, -0.2) is 4.79 Å². The summed E-state index contributed by atoms with van der Waals surface area (Å²) in [6.45, 7) is 4.92. The minimum atomic E-state index is -0.803. The van der Waals surface area contributed by atoms with Crippen LogP contribution in [0.15, 0.2) is 11.6 Å². The first-order valence-electron chi connectivity index (χ1n) is 5.60. The summed E-state index contributed by atoms with van der Waals surface area (Å²) < 4.78 is 9.47. The van der Waals surface area contributed by atoms with E-state index in [0.717, 1.165) is 0 Å². The molecule has 0 aliphatic heterocycles. The number of aliphatic hydroxyl groups is 1. The fourth-order valence-corrected chi connectivity index (χ4v) is 1.22. The molecule has 0 fully saturated rings. The van der Waals surface area contributed by atoms with Gasteiger partial charge in [0.2, 0.25) is 0 Å². The molecule has 0 amide bonds. The van der Waals surface area contributed by atoms with Gasteiger partial charge in [-0.2, -0.15) is 0 Å². The highest BCUT2D eigenvalue weighted by atomic mass is 16.5. The van der Waals surface area contributed by atoms with E-state index >= 15 is 0 Å². The second-order valence-electron chi connectivity index (χ2n) is 4.25. The monoisotopic (exact) mass is 245 g/mol. The Balaban J connectivity index is 3.87. The maximum Gasteiger partial charge on any atom is 0.333 e. The van der Waals surface area contributed by atoms with Crippen molar-refractivity contribution in [3.8, 4) is 0 Å². The standard InChI is InChI=1S/C12H23NO4/c1-10(11(14)17-4)5-7-13-9-12(2,15)6-8-16-3/h5,13,15H,6-9H2,1-4H3/b10-5-. The van der Waals surface area contributed by atoms with Gasteiger partial charge in [0.15, 0.2) is 0 Å². The second-order valence-corrected chi connectivity index (χ2v) is 4.25.